The molecule has 90 valence electrons. The molecule has 1 atom stereocenters. The summed E-state index contributed by atoms with van der Waals surface area (Å²) in [6, 6.07) is 2.90. The summed E-state index contributed by atoms with van der Waals surface area (Å²) < 4.78 is 0. The molecule has 0 N–H and O–H groups in total. The molecule has 1 aliphatic rings. The fraction of sp³-hybridized carbons (Fsp3) is 0.786. The first-order chi connectivity index (χ1) is 7.81. The quantitative estimate of drug-likeness (QED) is 0.656. The number of rotatable bonds is 7. The summed E-state index contributed by atoms with van der Waals surface area (Å²) in [7, 11) is 0. The average molecular weight is 220 g/mol. The first-order valence-corrected chi connectivity index (χ1v) is 6.65. The number of hydrogen-bond acceptors (Lipinski definition) is 2. The Balaban J connectivity index is 2.41. The minimum Gasteiger partial charge on any atom is -0.300 e. The van der Waals surface area contributed by atoms with E-state index >= 15 is 0 Å². The highest BCUT2D eigenvalue weighted by Gasteiger charge is 2.22. The molecule has 0 heterocycles. The van der Waals surface area contributed by atoms with E-state index in [9.17, 15) is 0 Å². The average Bonchev–Trinajstić information content (AvgIpc) is 2.78. The van der Waals surface area contributed by atoms with E-state index < -0.39 is 0 Å². The Bertz CT molecular complexity index is 254. The van der Waals surface area contributed by atoms with Crippen molar-refractivity contribution in [2.45, 2.75) is 58.4 Å². The lowest BCUT2D eigenvalue weighted by Crippen LogP contribution is -2.35. The molecule has 0 saturated carbocycles. The maximum Gasteiger partial charge on any atom is 0.0944 e. The topological polar surface area (TPSA) is 27.0 Å². The first kappa shape index (κ1) is 13.3. The summed E-state index contributed by atoms with van der Waals surface area (Å²) in [5.41, 5.74) is 0.989. The Morgan fingerprint density at radius 1 is 1.31 bits per heavy atom. The van der Waals surface area contributed by atoms with E-state index in [1.54, 1.807) is 0 Å². The Kier molecular flexibility index (Phi) is 6.18. The predicted octanol–water partition coefficient (Wildman–Crippen LogP) is 3.50. The fourth-order valence-electron chi connectivity index (χ4n) is 2.27. The van der Waals surface area contributed by atoms with Crippen molar-refractivity contribution < 1.29 is 0 Å². The molecule has 2 heteroatoms. The van der Waals surface area contributed by atoms with E-state index in [4.69, 9.17) is 5.26 Å². The molecule has 1 unspecified atom stereocenters. The third-order valence-corrected chi connectivity index (χ3v) is 3.35. The van der Waals surface area contributed by atoms with Crippen LogP contribution in [0.1, 0.15) is 52.4 Å². The summed E-state index contributed by atoms with van der Waals surface area (Å²) in [5.74, 6) is 0. The maximum atomic E-state index is 8.88. The molecular formula is C14H24N2. The van der Waals surface area contributed by atoms with Crippen LogP contribution in [0.3, 0.4) is 0 Å². The zero-order valence-corrected chi connectivity index (χ0v) is 10.7. The molecule has 16 heavy (non-hydrogen) atoms. The Morgan fingerprint density at radius 2 is 1.94 bits per heavy atom. The van der Waals surface area contributed by atoms with Crippen LogP contribution in [0.25, 0.3) is 0 Å². The minimum absolute atomic E-state index is 0.604. The molecule has 1 rings (SSSR count). The second kappa shape index (κ2) is 7.46. The van der Waals surface area contributed by atoms with Crippen molar-refractivity contribution in [2.24, 2.45) is 0 Å². The summed E-state index contributed by atoms with van der Waals surface area (Å²) in [6.07, 6.45) is 9.25. The fourth-order valence-corrected chi connectivity index (χ4v) is 2.27. The lowest BCUT2D eigenvalue weighted by atomic mass is 10.1. The normalized spacial score (nSPS) is 19.9. The van der Waals surface area contributed by atoms with Crippen molar-refractivity contribution in [3.05, 3.63) is 11.6 Å². The van der Waals surface area contributed by atoms with Crippen LogP contribution in [0.2, 0.25) is 0 Å². The second-order valence-electron chi connectivity index (χ2n) is 4.68. The van der Waals surface area contributed by atoms with E-state index in [1.807, 2.05) is 0 Å². The van der Waals surface area contributed by atoms with Crippen LogP contribution in [-0.2, 0) is 0 Å². The van der Waals surface area contributed by atoms with Crippen LogP contribution in [0.15, 0.2) is 11.6 Å². The zero-order valence-electron chi connectivity index (χ0n) is 10.7. The SMILES string of the molecule is CCCCN(CCCC)C1CC=C(C#N)C1. The van der Waals surface area contributed by atoms with Crippen molar-refractivity contribution >= 4 is 0 Å². The number of hydrogen-bond donors (Lipinski definition) is 0. The van der Waals surface area contributed by atoms with Gasteiger partial charge in [-0.2, -0.15) is 5.26 Å². The van der Waals surface area contributed by atoms with Crippen molar-refractivity contribution in [2.75, 3.05) is 13.1 Å². The molecule has 0 amide bonds. The van der Waals surface area contributed by atoms with Crippen LogP contribution in [0, 0.1) is 11.3 Å². The van der Waals surface area contributed by atoms with Gasteiger partial charge in [-0.1, -0.05) is 32.8 Å². The van der Waals surface area contributed by atoms with Crippen LogP contribution >= 0.6 is 0 Å². The van der Waals surface area contributed by atoms with Gasteiger partial charge >= 0.3 is 0 Å². The molecule has 0 aromatic heterocycles. The van der Waals surface area contributed by atoms with Crippen molar-refractivity contribution in [3.8, 4) is 6.07 Å². The summed E-state index contributed by atoms with van der Waals surface area (Å²) in [6.45, 7) is 6.89. The molecule has 0 radical (unpaired) electrons. The second-order valence-corrected chi connectivity index (χ2v) is 4.68. The molecule has 0 aromatic rings. The molecule has 1 aliphatic carbocycles. The molecule has 0 aromatic carbocycles. The largest absolute Gasteiger partial charge is 0.300 e. The lowest BCUT2D eigenvalue weighted by Gasteiger charge is -2.28. The zero-order chi connectivity index (χ0) is 11.8. The van der Waals surface area contributed by atoms with Gasteiger partial charge in [0, 0.05) is 11.6 Å². The van der Waals surface area contributed by atoms with Gasteiger partial charge in [-0.15, -0.1) is 0 Å². The standard InChI is InChI=1S/C14H24N2/c1-3-5-9-16(10-6-4-2)14-8-7-13(11-14)12-15/h7,14H,3-6,8-11H2,1-2H3. The van der Waals surface area contributed by atoms with E-state index in [2.05, 4.69) is 30.9 Å². The third kappa shape index (κ3) is 3.98. The highest BCUT2D eigenvalue weighted by molar-refractivity contribution is 5.26. The van der Waals surface area contributed by atoms with Crippen molar-refractivity contribution in [3.63, 3.8) is 0 Å². The number of unbranched alkanes of at least 4 members (excludes halogenated alkanes) is 2. The van der Waals surface area contributed by atoms with Gasteiger partial charge in [0.1, 0.15) is 0 Å². The molecule has 2 nitrogen and oxygen atoms in total. The van der Waals surface area contributed by atoms with E-state index in [0.717, 1.165) is 18.4 Å². The molecule has 0 spiro atoms. The van der Waals surface area contributed by atoms with Crippen LogP contribution < -0.4 is 0 Å². The highest BCUT2D eigenvalue weighted by Crippen LogP contribution is 2.23. The highest BCUT2D eigenvalue weighted by atomic mass is 15.1. The summed E-state index contributed by atoms with van der Waals surface area (Å²) in [5, 5.41) is 8.88. The van der Waals surface area contributed by atoms with E-state index in [0.29, 0.717) is 6.04 Å². The van der Waals surface area contributed by atoms with Crippen molar-refractivity contribution in [1.82, 2.24) is 4.90 Å². The Hall–Kier alpha value is -0.810. The summed E-state index contributed by atoms with van der Waals surface area (Å²) >= 11 is 0. The van der Waals surface area contributed by atoms with Crippen LogP contribution in [-0.4, -0.2) is 24.0 Å². The maximum absolute atomic E-state index is 8.88. The molecule has 0 saturated heterocycles. The lowest BCUT2D eigenvalue weighted by molar-refractivity contribution is 0.196. The monoisotopic (exact) mass is 220 g/mol. The van der Waals surface area contributed by atoms with Crippen molar-refractivity contribution in [1.29, 1.82) is 5.26 Å². The smallest absolute Gasteiger partial charge is 0.0944 e. The summed E-state index contributed by atoms with van der Waals surface area (Å²) in [4.78, 5) is 2.59. The molecule has 0 aliphatic heterocycles. The predicted molar refractivity (Wildman–Crippen MR) is 68.1 cm³/mol. The van der Waals surface area contributed by atoms with Gasteiger partial charge in [0.2, 0.25) is 0 Å². The van der Waals surface area contributed by atoms with Gasteiger partial charge in [0.15, 0.2) is 0 Å². The number of nitrogens with zero attached hydrogens (tertiary/aromatic N) is 2. The molecule has 0 fully saturated rings. The molecular weight excluding hydrogens is 196 g/mol. The minimum atomic E-state index is 0.604. The van der Waals surface area contributed by atoms with Gasteiger partial charge in [0.25, 0.3) is 0 Å². The van der Waals surface area contributed by atoms with Crippen LogP contribution in [0.4, 0.5) is 0 Å². The molecule has 0 bridgehead atoms. The van der Waals surface area contributed by atoms with Gasteiger partial charge in [0.05, 0.1) is 6.07 Å². The van der Waals surface area contributed by atoms with Gasteiger partial charge in [-0.3, -0.25) is 4.90 Å². The van der Waals surface area contributed by atoms with E-state index in [-0.39, 0.29) is 0 Å². The Labute approximate surface area is 99.9 Å². The van der Waals surface area contributed by atoms with E-state index in [1.165, 1.54) is 38.8 Å². The number of nitriles is 1. The third-order valence-electron chi connectivity index (χ3n) is 3.35. The van der Waals surface area contributed by atoms with Gasteiger partial charge in [-0.25, -0.2) is 0 Å². The van der Waals surface area contributed by atoms with Crippen LogP contribution in [0.5, 0.6) is 0 Å². The first-order valence-electron chi connectivity index (χ1n) is 6.65. The Morgan fingerprint density at radius 3 is 2.38 bits per heavy atom. The van der Waals surface area contributed by atoms with Gasteiger partial charge in [-0.05, 0) is 38.8 Å². The van der Waals surface area contributed by atoms with Gasteiger partial charge < -0.3 is 0 Å².